The lowest BCUT2D eigenvalue weighted by Crippen LogP contribution is -2.45. The topological polar surface area (TPSA) is 128 Å². The number of rotatable bonds is 33. The molecule has 0 fully saturated rings. The minimum absolute atomic E-state index is 0.0359. The normalized spacial score (nSPS) is 16.0. The van der Waals surface area contributed by atoms with Gasteiger partial charge in [0.15, 0.2) is 0 Å². The first-order chi connectivity index (χ1) is 24.4. The molecule has 0 aromatic heterocycles. The monoisotopic (exact) mass is 737 g/mol. The highest BCUT2D eigenvalue weighted by molar-refractivity contribution is 7.45. The first kappa shape index (κ1) is 48.9. The second-order valence-corrected chi connectivity index (χ2v) is 15.5. The number of phosphoric ester groups is 1. The maximum atomic E-state index is 12.8. The fourth-order valence-electron chi connectivity index (χ4n) is 4.77. The summed E-state index contributed by atoms with van der Waals surface area (Å²) < 4.78 is 23.0. The predicted octanol–water partition coefficient (Wildman–Crippen LogP) is 8.41. The molecule has 0 aliphatic rings. The van der Waals surface area contributed by atoms with Crippen LogP contribution in [0.4, 0.5) is 0 Å². The van der Waals surface area contributed by atoms with Crippen molar-refractivity contribution >= 4 is 13.7 Å². The summed E-state index contributed by atoms with van der Waals surface area (Å²) in [6, 6.07) is -0.965. The van der Waals surface area contributed by atoms with Crippen molar-refractivity contribution in [1.82, 2.24) is 5.32 Å². The standard InChI is InChI=1S/C41H73N2O7P/c1-6-8-10-12-14-16-17-19-21-25-29-33-40(45)39(37-50-51(47,48)49-36-35-43(3,4)5)42-41(46)34-30-26-22-24-28-32-38(44)31-27-23-20-18-15-13-11-9-7-2/h15,17-19,22-24,27-29,32-33,38-40,44-45H,6-14,16,20-21,25-26,30-31,34-37H2,1-5H3,(H-,42,46,47,48)/b18-15-,19-17-,24-22+,27-23-,32-28-,33-29+/t38?,39-,40+/m0/s1. The minimum atomic E-state index is -4.63. The summed E-state index contributed by atoms with van der Waals surface area (Å²) >= 11 is 0. The maximum Gasteiger partial charge on any atom is 0.268 e. The summed E-state index contributed by atoms with van der Waals surface area (Å²) in [7, 11) is 1.14. The zero-order valence-corrected chi connectivity index (χ0v) is 33.5. The molecule has 0 saturated heterocycles. The lowest BCUT2D eigenvalue weighted by Gasteiger charge is -2.29. The van der Waals surface area contributed by atoms with Crippen LogP contribution in [0, 0.1) is 0 Å². The van der Waals surface area contributed by atoms with Crippen LogP contribution in [-0.2, 0) is 18.4 Å². The number of allylic oxidation sites excluding steroid dienone is 9. The maximum absolute atomic E-state index is 12.8. The third-order valence-corrected chi connectivity index (χ3v) is 8.93. The number of hydrogen-bond donors (Lipinski definition) is 3. The number of carbonyl (C=O) groups excluding carboxylic acids is 1. The van der Waals surface area contributed by atoms with Gasteiger partial charge < -0.3 is 34.0 Å². The summed E-state index contributed by atoms with van der Waals surface area (Å²) in [5.74, 6) is -0.313. The highest BCUT2D eigenvalue weighted by Gasteiger charge is 2.23. The Labute approximate surface area is 311 Å². The van der Waals surface area contributed by atoms with Gasteiger partial charge >= 0.3 is 0 Å². The van der Waals surface area contributed by atoms with Crippen molar-refractivity contribution in [3.05, 3.63) is 72.9 Å². The predicted molar refractivity (Wildman–Crippen MR) is 211 cm³/mol. The number of nitrogens with zero attached hydrogens (tertiary/aromatic N) is 1. The quantitative estimate of drug-likeness (QED) is 0.0203. The molecular formula is C41H73N2O7P. The van der Waals surface area contributed by atoms with Crippen LogP contribution >= 0.6 is 7.82 Å². The molecular weight excluding hydrogens is 663 g/mol. The van der Waals surface area contributed by atoms with E-state index in [0.29, 0.717) is 36.7 Å². The van der Waals surface area contributed by atoms with Crippen LogP contribution < -0.4 is 10.2 Å². The van der Waals surface area contributed by atoms with Crippen molar-refractivity contribution in [3.8, 4) is 0 Å². The lowest BCUT2D eigenvalue weighted by molar-refractivity contribution is -0.870. The van der Waals surface area contributed by atoms with Crippen LogP contribution in [0.15, 0.2) is 72.9 Å². The first-order valence-corrected chi connectivity index (χ1v) is 20.9. The molecule has 3 N–H and O–H groups in total. The van der Waals surface area contributed by atoms with Crippen LogP contribution in [0.25, 0.3) is 0 Å². The van der Waals surface area contributed by atoms with Gasteiger partial charge in [-0.05, 0) is 64.2 Å². The van der Waals surface area contributed by atoms with Gasteiger partial charge in [-0.25, -0.2) is 0 Å². The third-order valence-electron chi connectivity index (χ3n) is 7.97. The fourth-order valence-corrected chi connectivity index (χ4v) is 5.49. The highest BCUT2D eigenvalue weighted by atomic mass is 31.2. The van der Waals surface area contributed by atoms with Gasteiger partial charge in [-0.15, -0.1) is 0 Å². The number of likely N-dealkylation sites (N-methyl/N-ethyl adjacent to an activating group) is 1. The smallest absolute Gasteiger partial charge is 0.268 e. The lowest BCUT2D eigenvalue weighted by atomic mass is 10.1. The van der Waals surface area contributed by atoms with Crippen molar-refractivity contribution in [2.75, 3.05) is 40.9 Å². The number of aliphatic hydroxyl groups excluding tert-OH is 2. The fraction of sp³-hybridized carbons (Fsp3) is 0.683. The molecule has 51 heavy (non-hydrogen) atoms. The second-order valence-electron chi connectivity index (χ2n) is 14.1. The van der Waals surface area contributed by atoms with Crippen molar-refractivity contribution in [1.29, 1.82) is 0 Å². The van der Waals surface area contributed by atoms with Crippen LogP contribution in [0.3, 0.4) is 0 Å². The van der Waals surface area contributed by atoms with E-state index in [1.54, 1.807) is 18.2 Å². The summed E-state index contributed by atoms with van der Waals surface area (Å²) in [5, 5.41) is 23.7. The van der Waals surface area contributed by atoms with Crippen LogP contribution in [0.2, 0.25) is 0 Å². The molecule has 0 heterocycles. The average molecular weight is 737 g/mol. The van der Waals surface area contributed by atoms with Crippen molar-refractivity contribution < 1.29 is 38.0 Å². The molecule has 0 saturated carbocycles. The molecule has 0 aromatic rings. The Morgan fingerprint density at radius 2 is 1.35 bits per heavy atom. The number of amides is 1. The molecule has 0 aliphatic carbocycles. The van der Waals surface area contributed by atoms with Crippen molar-refractivity contribution in [2.45, 2.75) is 141 Å². The molecule has 0 aliphatic heterocycles. The Kier molecular flexibility index (Phi) is 31.2. The van der Waals surface area contributed by atoms with Crippen LogP contribution in [-0.4, -0.2) is 79.8 Å². The zero-order valence-electron chi connectivity index (χ0n) is 32.6. The third kappa shape index (κ3) is 34.7. The molecule has 2 unspecified atom stereocenters. The van der Waals surface area contributed by atoms with Gasteiger partial charge in [-0.2, -0.15) is 0 Å². The summed E-state index contributed by atoms with van der Waals surface area (Å²) in [4.78, 5) is 25.1. The number of aliphatic hydroxyl groups is 2. The van der Waals surface area contributed by atoms with E-state index in [4.69, 9.17) is 9.05 Å². The first-order valence-electron chi connectivity index (χ1n) is 19.4. The second kappa shape index (κ2) is 32.5. The van der Waals surface area contributed by atoms with E-state index >= 15 is 0 Å². The Hall–Kier alpha value is -2.10. The number of quaternary nitrogens is 1. The summed E-state index contributed by atoms with van der Waals surface area (Å²) in [6.45, 7) is 4.40. The summed E-state index contributed by atoms with van der Waals surface area (Å²) in [5.41, 5.74) is 0. The molecule has 4 atom stereocenters. The van der Waals surface area contributed by atoms with Gasteiger partial charge in [0, 0.05) is 6.42 Å². The Morgan fingerprint density at radius 3 is 2.08 bits per heavy atom. The van der Waals surface area contributed by atoms with Gasteiger partial charge in [0.1, 0.15) is 13.2 Å². The molecule has 1 amide bonds. The molecule has 294 valence electrons. The number of hydrogen-bond acceptors (Lipinski definition) is 7. The highest BCUT2D eigenvalue weighted by Crippen LogP contribution is 2.38. The molecule has 0 spiro atoms. The van der Waals surface area contributed by atoms with Gasteiger partial charge in [0.05, 0.1) is 46.0 Å². The molecule has 0 bridgehead atoms. The average Bonchev–Trinajstić information content (AvgIpc) is 3.07. The Morgan fingerprint density at radius 1 is 0.745 bits per heavy atom. The van der Waals surface area contributed by atoms with Crippen LogP contribution in [0.5, 0.6) is 0 Å². The van der Waals surface area contributed by atoms with Gasteiger partial charge in [0.2, 0.25) is 5.91 Å². The van der Waals surface area contributed by atoms with Gasteiger partial charge in [0.25, 0.3) is 7.82 Å². The van der Waals surface area contributed by atoms with E-state index in [9.17, 15) is 24.5 Å². The Balaban J connectivity index is 4.77. The van der Waals surface area contributed by atoms with Crippen LogP contribution in [0.1, 0.15) is 123 Å². The van der Waals surface area contributed by atoms with E-state index < -0.39 is 32.7 Å². The number of unbranched alkanes of at least 4 members (excludes halogenated alkanes) is 10. The van der Waals surface area contributed by atoms with E-state index in [0.717, 1.165) is 25.7 Å². The van der Waals surface area contributed by atoms with E-state index in [1.807, 2.05) is 45.4 Å². The van der Waals surface area contributed by atoms with Gasteiger partial charge in [-0.3, -0.25) is 9.36 Å². The SMILES string of the molecule is CCCCC/C=C\C/C=C\CC(O)/C=C\C=C\CCCC(=O)N[C@@H](COP(=O)([O-])OCC[N+](C)(C)C)[C@H](O)/C=C/CC/C=C\CCCCCCC. The molecule has 10 heteroatoms. The van der Waals surface area contributed by atoms with E-state index in [2.05, 4.69) is 49.5 Å². The van der Waals surface area contributed by atoms with Crippen molar-refractivity contribution in [2.24, 2.45) is 0 Å². The zero-order chi connectivity index (χ0) is 38.1. The molecule has 0 aromatic carbocycles. The number of phosphoric acid groups is 1. The number of nitrogens with one attached hydrogen (secondary N) is 1. The summed E-state index contributed by atoms with van der Waals surface area (Å²) in [6.07, 6.45) is 38.4. The van der Waals surface area contributed by atoms with Gasteiger partial charge in [-0.1, -0.05) is 125 Å². The van der Waals surface area contributed by atoms with E-state index in [-0.39, 0.29) is 18.9 Å². The van der Waals surface area contributed by atoms with Crippen molar-refractivity contribution in [3.63, 3.8) is 0 Å². The molecule has 0 rings (SSSR count). The molecule has 0 radical (unpaired) electrons. The number of carbonyl (C=O) groups is 1. The Bertz CT molecular complexity index is 1080. The largest absolute Gasteiger partial charge is 0.756 e. The van der Waals surface area contributed by atoms with E-state index in [1.165, 1.54) is 51.4 Å². The molecule has 9 nitrogen and oxygen atoms in total. The minimum Gasteiger partial charge on any atom is -0.756 e.